The lowest BCUT2D eigenvalue weighted by atomic mass is 9.93. The van der Waals surface area contributed by atoms with E-state index in [2.05, 4.69) is 25.5 Å². The lowest BCUT2D eigenvalue weighted by molar-refractivity contribution is -0.134. The second-order valence-electron chi connectivity index (χ2n) is 6.37. The molecule has 0 N–H and O–H groups in total. The monoisotopic (exact) mass is 284 g/mol. The maximum absolute atomic E-state index is 11.1. The van der Waals surface area contributed by atoms with Gasteiger partial charge in [-0.15, -0.1) is 0 Å². The van der Waals surface area contributed by atoms with Crippen LogP contribution in [0.1, 0.15) is 66.2 Å². The number of rotatable bonds is 10. The molecular formula is C17H32O3. The van der Waals surface area contributed by atoms with Crippen LogP contribution in [0, 0.1) is 5.92 Å². The molecular weight excluding hydrogens is 252 g/mol. The largest absolute Gasteiger partial charge is 0.466 e. The lowest BCUT2D eigenvalue weighted by Crippen LogP contribution is -2.22. The Bertz CT molecular complexity index is 305. The van der Waals surface area contributed by atoms with E-state index in [1.165, 1.54) is 26.4 Å². The van der Waals surface area contributed by atoms with Crippen LogP contribution in [0.15, 0.2) is 11.6 Å². The van der Waals surface area contributed by atoms with Crippen molar-refractivity contribution >= 4 is 5.97 Å². The SMILES string of the molecule is COC(=O)C=C(C)CCCC(C)CCCC(C)(C)OC. The van der Waals surface area contributed by atoms with E-state index in [9.17, 15) is 4.79 Å². The highest BCUT2D eigenvalue weighted by molar-refractivity contribution is 5.82. The number of hydrogen-bond donors (Lipinski definition) is 0. The number of esters is 1. The van der Waals surface area contributed by atoms with Crippen LogP contribution >= 0.6 is 0 Å². The number of methoxy groups -OCH3 is 2. The standard InChI is InChI=1S/C17H32O3/c1-14(11-8-12-17(3,4)20-6)9-7-10-15(2)13-16(18)19-5/h13-14H,7-12H2,1-6H3. The Morgan fingerprint density at radius 1 is 1.20 bits per heavy atom. The minimum absolute atomic E-state index is 0.000436. The third kappa shape index (κ3) is 10.0. The van der Waals surface area contributed by atoms with Crippen molar-refractivity contribution in [2.75, 3.05) is 14.2 Å². The molecule has 0 saturated carbocycles. The zero-order chi connectivity index (χ0) is 15.6. The minimum atomic E-state index is -0.252. The lowest BCUT2D eigenvalue weighted by Gasteiger charge is -2.23. The molecule has 0 spiro atoms. The minimum Gasteiger partial charge on any atom is -0.466 e. The quantitative estimate of drug-likeness (QED) is 0.437. The van der Waals surface area contributed by atoms with Gasteiger partial charge in [-0.25, -0.2) is 4.79 Å². The Morgan fingerprint density at radius 3 is 2.35 bits per heavy atom. The molecule has 118 valence electrons. The summed E-state index contributed by atoms with van der Waals surface area (Å²) in [7, 11) is 3.19. The summed E-state index contributed by atoms with van der Waals surface area (Å²) in [5.41, 5.74) is 1.10. The summed E-state index contributed by atoms with van der Waals surface area (Å²) in [6.07, 6.45) is 8.46. The van der Waals surface area contributed by atoms with Gasteiger partial charge in [-0.1, -0.05) is 31.8 Å². The van der Waals surface area contributed by atoms with Crippen molar-refractivity contribution in [1.29, 1.82) is 0 Å². The molecule has 0 aliphatic heterocycles. The predicted octanol–water partition coefficient (Wildman–Crippen LogP) is 4.51. The molecule has 0 aliphatic rings. The van der Waals surface area contributed by atoms with Gasteiger partial charge in [0.1, 0.15) is 0 Å². The van der Waals surface area contributed by atoms with Crippen LogP contribution in [0.4, 0.5) is 0 Å². The van der Waals surface area contributed by atoms with Crippen molar-refractivity contribution in [2.45, 2.75) is 71.8 Å². The van der Waals surface area contributed by atoms with E-state index in [0.717, 1.165) is 30.8 Å². The van der Waals surface area contributed by atoms with E-state index < -0.39 is 0 Å². The Hall–Kier alpha value is -0.830. The Kier molecular flexibility index (Phi) is 9.56. The molecule has 0 amide bonds. The third-order valence-corrected chi connectivity index (χ3v) is 3.86. The van der Waals surface area contributed by atoms with Gasteiger partial charge in [-0.05, 0) is 46.0 Å². The predicted molar refractivity (Wildman–Crippen MR) is 83.7 cm³/mol. The van der Waals surface area contributed by atoms with Crippen molar-refractivity contribution in [3.05, 3.63) is 11.6 Å². The van der Waals surface area contributed by atoms with Crippen LogP contribution in [0.2, 0.25) is 0 Å². The summed E-state index contributed by atoms with van der Waals surface area (Å²) in [6.45, 7) is 8.57. The molecule has 0 rings (SSSR count). The Labute approximate surface area is 124 Å². The Morgan fingerprint density at radius 2 is 1.80 bits per heavy atom. The van der Waals surface area contributed by atoms with Gasteiger partial charge < -0.3 is 9.47 Å². The van der Waals surface area contributed by atoms with Crippen LogP contribution in [0.3, 0.4) is 0 Å². The van der Waals surface area contributed by atoms with Crippen molar-refractivity contribution < 1.29 is 14.3 Å². The zero-order valence-electron chi connectivity index (χ0n) is 14.1. The van der Waals surface area contributed by atoms with E-state index in [4.69, 9.17) is 4.74 Å². The zero-order valence-corrected chi connectivity index (χ0v) is 14.1. The first-order valence-corrected chi connectivity index (χ1v) is 7.61. The summed E-state index contributed by atoms with van der Waals surface area (Å²) in [4.78, 5) is 11.1. The molecule has 3 nitrogen and oxygen atoms in total. The molecule has 0 aliphatic carbocycles. The van der Waals surface area contributed by atoms with Crippen LogP contribution in [-0.2, 0) is 14.3 Å². The third-order valence-electron chi connectivity index (χ3n) is 3.86. The van der Waals surface area contributed by atoms with Crippen molar-refractivity contribution in [3.63, 3.8) is 0 Å². The highest BCUT2D eigenvalue weighted by Crippen LogP contribution is 2.22. The molecule has 3 heteroatoms. The van der Waals surface area contributed by atoms with Gasteiger partial charge in [0.2, 0.25) is 0 Å². The summed E-state index contributed by atoms with van der Waals surface area (Å²) in [5.74, 6) is 0.478. The first-order valence-electron chi connectivity index (χ1n) is 7.61. The van der Waals surface area contributed by atoms with Crippen LogP contribution in [0.25, 0.3) is 0 Å². The number of ether oxygens (including phenoxy) is 2. The molecule has 0 saturated heterocycles. The first kappa shape index (κ1) is 19.2. The van der Waals surface area contributed by atoms with E-state index in [0.29, 0.717) is 0 Å². The van der Waals surface area contributed by atoms with Crippen molar-refractivity contribution in [3.8, 4) is 0 Å². The fraction of sp³-hybridized carbons (Fsp3) is 0.824. The topological polar surface area (TPSA) is 35.5 Å². The fourth-order valence-electron chi connectivity index (χ4n) is 2.18. The van der Waals surface area contributed by atoms with Gasteiger partial charge in [-0.3, -0.25) is 0 Å². The van der Waals surface area contributed by atoms with Crippen LogP contribution in [0.5, 0.6) is 0 Å². The number of carbonyl (C=O) groups is 1. The van der Waals surface area contributed by atoms with Gasteiger partial charge in [-0.2, -0.15) is 0 Å². The molecule has 1 atom stereocenters. The smallest absolute Gasteiger partial charge is 0.330 e. The molecule has 0 aromatic rings. The number of carbonyl (C=O) groups excluding carboxylic acids is 1. The molecule has 1 unspecified atom stereocenters. The van der Waals surface area contributed by atoms with Gasteiger partial charge in [0.05, 0.1) is 12.7 Å². The van der Waals surface area contributed by atoms with Gasteiger partial charge >= 0.3 is 5.97 Å². The molecule has 0 radical (unpaired) electrons. The number of allylic oxidation sites excluding steroid dienone is 1. The molecule has 20 heavy (non-hydrogen) atoms. The summed E-state index contributed by atoms with van der Waals surface area (Å²) in [6, 6.07) is 0. The van der Waals surface area contributed by atoms with E-state index >= 15 is 0 Å². The normalized spacial score (nSPS) is 14.2. The van der Waals surface area contributed by atoms with E-state index in [1.54, 1.807) is 13.2 Å². The average Bonchev–Trinajstić information content (AvgIpc) is 2.38. The van der Waals surface area contributed by atoms with Gasteiger partial charge in [0.25, 0.3) is 0 Å². The maximum atomic E-state index is 11.1. The fourth-order valence-corrected chi connectivity index (χ4v) is 2.18. The second kappa shape index (κ2) is 9.98. The van der Waals surface area contributed by atoms with E-state index in [-0.39, 0.29) is 11.6 Å². The summed E-state index contributed by atoms with van der Waals surface area (Å²) >= 11 is 0. The molecule has 0 fully saturated rings. The highest BCUT2D eigenvalue weighted by atomic mass is 16.5. The van der Waals surface area contributed by atoms with Gasteiger partial charge in [0, 0.05) is 13.2 Å². The van der Waals surface area contributed by atoms with Crippen LogP contribution in [-0.4, -0.2) is 25.8 Å². The molecule has 0 aromatic carbocycles. The average molecular weight is 284 g/mol. The summed E-state index contributed by atoms with van der Waals surface area (Å²) in [5, 5.41) is 0. The molecule has 0 bridgehead atoms. The first-order chi connectivity index (χ1) is 9.30. The maximum Gasteiger partial charge on any atom is 0.330 e. The number of hydrogen-bond acceptors (Lipinski definition) is 3. The van der Waals surface area contributed by atoms with Crippen LogP contribution < -0.4 is 0 Å². The Balaban J connectivity index is 3.76. The molecule has 0 aromatic heterocycles. The summed E-state index contributed by atoms with van der Waals surface area (Å²) < 4.78 is 10.0. The highest BCUT2D eigenvalue weighted by Gasteiger charge is 2.16. The van der Waals surface area contributed by atoms with Crippen molar-refractivity contribution in [1.82, 2.24) is 0 Å². The van der Waals surface area contributed by atoms with E-state index in [1.807, 2.05) is 6.92 Å². The molecule has 0 heterocycles. The second-order valence-corrected chi connectivity index (χ2v) is 6.37. The van der Waals surface area contributed by atoms with Crippen molar-refractivity contribution in [2.24, 2.45) is 5.92 Å². The van der Waals surface area contributed by atoms with Gasteiger partial charge in [0.15, 0.2) is 0 Å².